The molecule has 0 unspecified atom stereocenters. The maximum absolute atomic E-state index is 12.0. The van der Waals surface area contributed by atoms with Gasteiger partial charge in [-0.3, -0.25) is 9.52 Å². The number of rotatable bonds is 5. The Kier molecular flexibility index (Phi) is 7.79. The summed E-state index contributed by atoms with van der Waals surface area (Å²) in [5.41, 5.74) is 0.718. The Hall–Kier alpha value is -2.66. The third kappa shape index (κ3) is 5.92. The highest BCUT2D eigenvalue weighted by Gasteiger charge is 2.36. The van der Waals surface area contributed by atoms with E-state index in [1.165, 1.54) is 0 Å². The van der Waals surface area contributed by atoms with Gasteiger partial charge in [0.15, 0.2) is 0 Å². The normalized spacial score (nSPS) is 14.5. The lowest BCUT2D eigenvalue weighted by atomic mass is 10.1. The van der Waals surface area contributed by atoms with Crippen molar-refractivity contribution in [2.45, 2.75) is 46.7 Å². The van der Waals surface area contributed by atoms with E-state index < -0.39 is 22.2 Å². The zero-order valence-electron chi connectivity index (χ0n) is 17.5. The van der Waals surface area contributed by atoms with Gasteiger partial charge in [-0.15, -0.1) is 0 Å². The average molecular weight is 456 g/mol. The molecule has 2 heterocycles. The van der Waals surface area contributed by atoms with Crippen LogP contribution in [0.4, 0.5) is 17.6 Å². The molecule has 1 aromatic heterocycles. The number of hydrogen-bond donors (Lipinski definition) is 3. The van der Waals surface area contributed by atoms with Gasteiger partial charge in [-0.1, -0.05) is 12.1 Å². The Bertz CT molecular complexity index is 999. The Balaban J connectivity index is 0.000000216. The van der Waals surface area contributed by atoms with Crippen LogP contribution in [0.2, 0.25) is 5.28 Å². The Morgan fingerprint density at radius 3 is 2.33 bits per heavy atom. The van der Waals surface area contributed by atoms with Gasteiger partial charge in [-0.2, -0.15) is 23.4 Å². The second-order valence-electron chi connectivity index (χ2n) is 6.93. The number of anilines is 3. The number of carbonyl (C=O) groups excluding carboxylic acids is 1. The Morgan fingerprint density at radius 2 is 1.73 bits per heavy atom. The predicted molar refractivity (Wildman–Crippen MR) is 118 cm³/mol. The molecule has 0 fully saturated rings. The second kappa shape index (κ2) is 9.90. The number of para-hydroxylation sites is 1. The number of amides is 1. The molecule has 3 N–H and O–H groups in total. The molecule has 30 heavy (non-hydrogen) atoms. The summed E-state index contributed by atoms with van der Waals surface area (Å²) in [4.78, 5) is 24.0. The summed E-state index contributed by atoms with van der Waals surface area (Å²) in [6.07, 6.45) is 0. The minimum Gasteiger partial charge on any atom is -0.354 e. The molecule has 1 aliphatic rings. The molecule has 3 rings (SSSR count). The van der Waals surface area contributed by atoms with Crippen molar-refractivity contribution in [2.75, 3.05) is 21.9 Å². The summed E-state index contributed by atoms with van der Waals surface area (Å²) >= 11 is 5.73. The zero-order valence-corrected chi connectivity index (χ0v) is 19.0. The first kappa shape index (κ1) is 23.6. The number of hydrogen-bond acceptors (Lipinski definition) is 8. The molecule has 0 radical (unpaired) electrons. The van der Waals surface area contributed by atoms with Crippen LogP contribution in [0.15, 0.2) is 24.3 Å². The highest BCUT2D eigenvalue weighted by molar-refractivity contribution is 7.91. The maximum Gasteiger partial charge on any atom is 0.326 e. The predicted octanol–water partition coefficient (Wildman–Crippen LogP) is 2.98. The fraction of sp³-hybridized carbons (Fsp3) is 0.444. The largest absolute Gasteiger partial charge is 0.354 e. The van der Waals surface area contributed by atoms with Gasteiger partial charge in [-0.25, -0.2) is 4.31 Å². The van der Waals surface area contributed by atoms with E-state index in [-0.39, 0.29) is 11.3 Å². The summed E-state index contributed by atoms with van der Waals surface area (Å²) in [5.74, 6) is 0.510. The van der Waals surface area contributed by atoms with Crippen molar-refractivity contribution < 1.29 is 13.2 Å². The summed E-state index contributed by atoms with van der Waals surface area (Å²) < 4.78 is 26.8. The van der Waals surface area contributed by atoms with Crippen LogP contribution in [0.1, 0.15) is 45.0 Å². The molecule has 0 saturated heterocycles. The first-order valence-corrected chi connectivity index (χ1v) is 11.2. The average Bonchev–Trinajstić information content (AvgIpc) is 2.60. The highest BCUT2D eigenvalue weighted by atomic mass is 35.5. The number of nitrogens with zero attached hydrogens (tertiary/aromatic N) is 4. The summed E-state index contributed by atoms with van der Waals surface area (Å²) in [5, 5.41) is 6.23. The SMILES string of the molecule is CC(C)N1C(=O)c2ccccc2NS1(=O)=O.CCNc1nc(Cl)nc(NC(C)C)n1. The standard InChI is InChI=1S/C10H12N2O3S.C8H14ClN5/c1-7(2)12-10(13)8-5-3-4-6-9(8)11-16(12,14)15;1-4-10-7-12-6(9)13-8(14-7)11-5(2)3/h3-7,11H,1-2H3;5H,4H2,1-3H3,(H2,10,11,12,13,14). The molecule has 0 saturated carbocycles. The summed E-state index contributed by atoms with van der Waals surface area (Å²) in [6, 6.07) is 6.42. The van der Waals surface area contributed by atoms with Crippen molar-refractivity contribution in [2.24, 2.45) is 0 Å². The Labute approximate surface area is 181 Å². The van der Waals surface area contributed by atoms with Crippen LogP contribution in [0.25, 0.3) is 0 Å². The van der Waals surface area contributed by atoms with Gasteiger partial charge in [0.05, 0.1) is 11.3 Å². The minimum atomic E-state index is -3.75. The molecule has 1 amide bonds. The molecule has 12 heteroatoms. The van der Waals surface area contributed by atoms with E-state index in [9.17, 15) is 13.2 Å². The monoisotopic (exact) mass is 455 g/mol. The topological polar surface area (TPSA) is 129 Å². The third-order valence-corrected chi connectivity index (χ3v) is 5.44. The van der Waals surface area contributed by atoms with E-state index in [4.69, 9.17) is 11.6 Å². The number of aromatic nitrogens is 3. The molecular formula is C18H26ClN7O3S. The molecule has 1 aromatic carbocycles. The molecular weight excluding hydrogens is 430 g/mol. The van der Waals surface area contributed by atoms with Crippen LogP contribution in [0, 0.1) is 0 Å². The van der Waals surface area contributed by atoms with E-state index in [0.717, 1.165) is 10.8 Å². The van der Waals surface area contributed by atoms with Crippen LogP contribution < -0.4 is 15.4 Å². The van der Waals surface area contributed by atoms with Gasteiger partial charge in [0.25, 0.3) is 5.91 Å². The van der Waals surface area contributed by atoms with E-state index in [1.54, 1.807) is 38.1 Å². The van der Waals surface area contributed by atoms with Gasteiger partial charge < -0.3 is 10.6 Å². The van der Waals surface area contributed by atoms with Crippen LogP contribution in [-0.4, -0.2) is 52.2 Å². The Morgan fingerprint density at radius 1 is 1.10 bits per heavy atom. The van der Waals surface area contributed by atoms with Gasteiger partial charge in [0.1, 0.15) is 0 Å². The van der Waals surface area contributed by atoms with Gasteiger partial charge >= 0.3 is 10.2 Å². The summed E-state index contributed by atoms with van der Waals surface area (Å²) in [6.45, 7) is 10.0. The molecule has 164 valence electrons. The fourth-order valence-corrected chi connectivity index (χ4v) is 4.18. The van der Waals surface area contributed by atoms with Gasteiger partial charge in [0.2, 0.25) is 17.2 Å². The molecule has 0 bridgehead atoms. The van der Waals surface area contributed by atoms with Crippen molar-refractivity contribution in [1.82, 2.24) is 19.3 Å². The lowest BCUT2D eigenvalue weighted by Crippen LogP contribution is -2.48. The first-order valence-electron chi connectivity index (χ1n) is 9.42. The van der Waals surface area contributed by atoms with Crippen molar-refractivity contribution in [1.29, 1.82) is 0 Å². The smallest absolute Gasteiger partial charge is 0.326 e. The molecule has 0 atom stereocenters. The van der Waals surface area contributed by atoms with E-state index in [0.29, 0.717) is 23.1 Å². The van der Waals surface area contributed by atoms with Crippen molar-refractivity contribution >= 4 is 45.3 Å². The molecule has 10 nitrogen and oxygen atoms in total. The third-order valence-electron chi connectivity index (χ3n) is 3.69. The van der Waals surface area contributed by atoms with Gasteiger partial charge in [-0.05, 0) is 58.4 Å². The zero-order chi connectivity index (χ0) is 22.5. The number of benzene rings is 1. The minimum absolute atomic E-state index is 0.194. The first-order chi connectivity index (χ1) is 14.0. The van der Waals surface area contributed by atoms with E-state index >= 15 is 0 Å². The number of halogens is 1. The lowest BCUT2D eigenvalue weighted by molar-refractivity contribution is 0.0834. The molecule has 0 aliphatic carbocycles. The van der Waals surface area contributed by atoms with Gasteiger partial charge in [0, 0.05) is 18.6 Å². The van der Waals surface area contributed by atoms with Crippen LogP contribution in [-0.2, 0) is 10.2 Å². The van der Waals surface area contributed by atoms with Crippen LogP contribution in [0.3, 0.4) is 0 Å². The van der Waals surface area contributed by atoms with E-state index in [2.05, 4.69) is 30.3 Å². The van der Waals surface area contributed by atoms with Crippen LogP contribution >= 0.6 is 11.6 Å². The molecule has 1 aliphatic heterocycles. The van der Waals surface area contributed by atoms with Crippen LogP contribution in [0.5, 0.6) is 0 Å². The molecule has 2 aromatic rings. The lowest BCUT2D eigenvalue weighted by Gasteiger charge is -2.31. The maximum atomic E-state index is 12.0. The fourth-order valence-electron chi connectivity index (χ4n) is 2.60. The second-order valence-corrected chi connectivity index (χ2v) is 8.81. The number of nitrogens with one attached hydrogen (secondary N) is 3. The quantitative estimate of drug-likeness (QED) is 0.627. The highest BCUT2D eigenvalue weighted by Crippen LogP contribution is 2.27. The van der Waals surface area contributed by atoms with Crippen molar-refractivity contribution in [3.05, 3.63) is 35.1 Å². The van der Waals surface area contributed by atoms with Crippen molar-refractivity contribution in [3.8, 4) is 0 Å². The number of carbonyl (C=O) groups is 1. The van der Waals surface area contributed by atoms with E-state index in [1.807, 2.05) is 20.8 Å². The number of fused-ring (bicyclic) bond motifs is 1. The van der Waals surface area contributed by atoms with Crippen molar-refractivity contribution in [3.63, 3.8) is 0 Å². The molecule has 0 spiro atoms. The summed E-state index contributed by atoms with van der Waals surface area (Å²) in [7, 11) is -3.75.